The summed E-state index contributed by atoms with van der Waals surface area (Å²) in [5, 5.41) is 0. The lowest BCUT2D eigenvalue weighted by Gasteiger charge is -2.29. The second-order valence-electron chi connectivity index (χ2n) is 5.49. The van der Waals surface area contributed by atoms with Gasteiger partial charge >= 0.3 is 0 Å². The Morgan fingerprint density at radius 2 is 1.40 bits per heavy atom. The van der Waals surface area contributed by atoms with Crippen molar-refractivity contribution in [2.24, 2.45) is 0 Å². The third-order valence-electron chi connectivity index (χ3n) is 3.17. The van der Waals surface area contributed by atoms with Gasteiger partial charge < -0.3 is 0 Å². The Labute approximate surface area is 95.5 Å². The predicted molar refractivity (Wildman–Crippen MR) is 74.1 cm³/mol. The number of hydrogen-bond acceptors (Lipinski definition) is 0. The van der Waals surface area contributed by atoms with Gasteiger partial charge in [0, 0.05) is 5.56 Å². The molecule has 1 aromatic rings. The highest BCUT2D eigenvalue weighted by molar-refractivity contribution is 7.43. The minimum Gasteiger partial charge on any atom is -0.130 e. The summed E-state index contributed by atoms with van der Waals surface area (Å²) in [5.41, 5.74) is 4.72. The van der Waals surface area contributed by atoms with E-state index in [1.165, 1.54) is 0 Å². The van der Waals surface area contributed by atoms with E-state index in [2.05, 4.69) is 56.3 Å². The standard InChI is InChI=1S/C13H20Si2/c1-14(2,3)15(4,5)12-11-13-9-7-6-8-10-13/h6-10H,1-5H3. The molecular weight excluding hydrogens is 212 g/mol. The molecule has 0 amide bonds. The van der Waals surface area contributed by atoms with Crippen molar-refractivity contribution in [3.05, 3.63) is 35.9 Å². The molecule has 1 aromatic carbocycles. The topological polar surface area (TPSA) is 0 Å². The number of hydrogen-bond donors (Lipinski definition) is 0. The second kappa shape index (κ2) is 4.38. The van der Waals surface area contributed by atoms with Crippen molar-refractivity contribution >= 4 is 15.2 Å². The first-order valence-electron chi connectivity index (χ1n) is 5.41. The van der Waals surface area contributed by atoms with E-state index in [1.807, 2.05) is 18.2 Å². The van der Waals surface area contributed by atoms with E-state index >= 15 is 0 Å². The van der Waals surface area contributed by atoms with Crippen LogP contribution in [0.15, 0.2) is 30.3 Å². The average Bonchev–Trinajstić information content (AvgIpc) is 2.15. The Kier molecular flexibility index (Phi) is 3.59. The molecule has 0 radical (unpaired) electrons. The minimum absolute atomic E-state index is 1.07. The zero-order chi connectivity index (χ0) is 11.5. The van der Waals surface area contributed by atoms with Gasteiger partial charge in [-0.3, -0.25) is 0 Å². The highest BCUT2D eigenvalue weighted by atomic mass is 29.3. The van der Waals surface area contributed by atoms with E-state index in [1.54, 1.807) is 0 Å². The Hall–Kier alpha value is -0.786. The Balaban J connectivity index is 2.92. The smallest absolute Gasteiger partial charge is 0.123 e. The molecule has 0 nitrogen and oxygen atoms in total. The molecule has 0 N–H and O–H groups in total. The van der Waals surface area contributed by atoms with Crippen molar-refractivity contribution in [2.45, 2.75) is 32.7 Å². The summed E-state index contributed by atoms with van der Waals surface area (Å²) in [6, 6.07) is 10.3. The van der Waals surface area contributed by atoms with Crippen LogP contribution in [0.2, 0.25) is 32.7 Å². The Morgan fingerprint density at radius 3 is 1.87 bits per heavy atom. The summed E-state index contributed by atoms with van der Waals surface area (Å²) in [5.74, 6) is 3.34. The van der Waals surface area contributed by atoms with E-state index in [0.29, 0.717) is 0 Å². The van der Waals surface area contributed by atoms with Gasteiger partial charge in [0.05, 0.1) is 7.59 Å². The van der Waals surface area contributed by atoms with Gasteiger partial charge in [-0.15, -0.1) is 5.54 Å². The maximum Gasteiger partial charge on any atom is 0.123 e. The normalized spacial score (nSPS) is 11.8. The van der Waals surface area contributed by atoms with Crippen molar-refractivity contribution in [2.75, 3.05) is 0 Å². The first-order valence-corrected chi connectivity index (χ1v) is 12.9. The molecule has 1 rings (SSSR count). The van der Waals surface area contributed by atoms with Gasteiger partial charge in [-0.25, -0.2) is 0 Å². The highest BCUT2D eigenvalue weighted by Gasteiger charge is 2.35. The minimum atomic E-state index is -1.31. The molecule has 0 fully saturated rings. The molecule has 0 aliphatic rings. The summed E-state index contributed by atoms with van der Waals surface area (Å²) in [4.78, 5) is 0. The molecule has 0 bridgehead atoms. The fraction of sp³-hybridized carbons (Fsp3) is 0.385. The van der Waals surface area contributed by atoms with Gasteiger partial charge in [-0.2, -0.15) is 0 Å². The molecule has 2 heteroatoms. The van der Waals surface area contributed by atoms with Gasteiger partial charge in [-0.05, 0) is 12.1 Å². The van der Waals surface area contributed by atoms with Crippen molar-refractivity contribution < 1.29 is 0 Å². The second-order valence-corrected chi connectivity index (χ2v) is 21.7. The third kappa shape index (κ3) is 3.37. The SMILES string of the molecule is C[Si](C)(C)[Si](C)(C)C#Cc1ccccc1. The van der Waals surface area contributed by atoms with Crippen molar-refractivity contribution in [3.63, 3.8) is 0 Å². The quantitative estimate of drug-likeness (QED) is 0.511. The maximum absolute atomic E-state index is 3.57. The van der Waals surface area contributed by atoms with Crippen LogP contribution in [-0.2, 0) is 0 Å². The Morgan fingerprint density at radius 1 is 0.867 bits per heavy atom. The van der Waals surface area contributed by atoms with Crippen LogP contribution in [0, 0.1) is 11.5 Å². The van der Waals surface area contributed by atoms with E-state index in [4.69, 9.17) is 0 Å². The summed E-state index contributed by atoms with van der Waals surface area (Å²) in [6.07, 6.45) is 0. The summed E-state index contributed by atoms with van der Waals surface area (Å²) >= 11 is 0. The number of benzene rings is 1. The molecule has 80 valence electrons. The van der Waals surface area contributed by atoms with Gasteiger partial charge in [0.15, 0.2) is 0 Å². The lowest BCUT2D eigenvalue weighted by atomic mass is 10.2. The van der Waals surface area contributed by atoms with Gasteiger partial charge in [0.2, 0.25) is 0 Å². The molecule has 0 unspecified atom stereocenters. The third-order valence-corrected chi connectivity index (χ3v) is 19.3. The molecular formula is C13H20Si2. The number of rotatable bonds is 1. The van der Waals surface area contributed by atoms with Gasteiger partial charge in [-0.1, -0.05) is 56.9 Å². The molecule has 0 aliphatic carbocycles. The van der Waals surface area contributed by atoms with Crippen LogP contribution in [0.3, 0.4) is 0 Å². The largest absolute Gasteiger partial charge is 0.130 e. The van der Waals surface area contributed by atoms with E-state index in [0.717, 1.165) is 5.56 Å². The van der Waals surface area contributed by atoms with Crippen molar-refractivity contribution in [3.8, 4) is 11.5 Å². The molecule has 0 spiro atoms. The monoisotopic (exact) mass is 232 g/mol. The fourth-order valence-electron chi connectivity index (χ4n) is 0.937. The summed E-state index contributed by atoms with van der Waals surface area (Å²) < 4.78 is 0. The van der Waals surface area contributed by atoms with Crippen LogP contribution in [0.4, 0.5) is 0 Å². The first-order chi connectivity index (χ1) is 6.83. The maximum atomic E-state index is 3.57. The zero-order valence-corrected chi connectivity index (χ0v) is 12.4. The lowest BCUT2D eigenvalue weighted by Crippen LogP contribution is -2.51. The highest BCUT2D eigenvalue weighted by Crippen LogP contribution is 2.17. The molecule has 0 saturated carbocycles. The fourth-order valence-corrected chi connectivity index (χ4v) is 3.08. The Bertz CT molecular complexity index is 374. The molecule has 0 aliphatic heterocycles. The average molecular weight is 232 g/mol. The van der Waals surface area contributed by atoms with E-state index in [-0.39, 0.29) is 0 Å². The van der Waals surface area contributed by atoms with Crippen molar-refractivity contribution in [1.82, 2.24) is 0 Å². The van der Waals surface area contributed by atoms with Crippen LogP contribution in [0.5, 0.6) is 0 Å². The van der Waals surface area contributed by atoms with E-state index < -0.39 is 15.2 Å². The molecule has 15 heavy (non-hydrogen) atoms. The van der Waals surface area contributed by atoms with Crippen LogP contribution < -0.4 is 0 Å². The van der Waals surface area contributed by atoms with Crippen LogP contribution in [-0.4, -0.2) is 15.2 Å². The van der Waals surface area contributed by atoms with Gasteiger partial charge in [0.1, 0.15) is 7.59 Å². The van der Waals surface area contributed by atoms with E-state index in [9.17, 15) is 0 Å². The van der Waals surface area contributed by atoms with Crippen LogP contribution >= 0.6 is 0 Å². The van der Waals surface area contributed by atoms with Crippen molar-refractivity contribution in [1.29, 1.82) is 0 Å². The summed E-state index contributed by atoms with van der Waals surface area (Å²) in [7, 11) is -2.38. The van der Waals surface area contributed by atoms with Crippen LogP contribution in [0.25, 0.3) is 0 Å². The predicted octanol–water partition coefficient (Wildman–Crippen LogP) is 3.70. The zero-order valence-electron chi connectivity index (χ0n) is 10.4. The molecule has 0 heterocycles. The van der Waals surface area contributed by atoms with Crippen LogP contribution in [0.1, 0.15) is 5.56 Å². The summed E-state index contributed by atoms with van der Waals surface area (Å²) in [6.45, 7) is 12.1. The molecule has 0 aromatic heterocycles. The molecule has 0 saturated heterocycles. The van der Waals surface area contributed by atoms with Gasteiger partial charge in [0.25, 0.3) is 0 Å². The molecule has 0 atom stereocenters. The lowest BCUT2D eigenvalue weighted by molar-refractivity contribution is 1.65. The first kappa shape index (κ1) is 12.3.